The van der Waals surface area contributed by atoms with Gasteiger partial charge in [-0.05, 0) is 37.5 Å². The third-order valence-electron chi connectivity index (χ3n) is 5.68. The Morgan fingerprint density at radius 3 is 2.38 bits per heavy atom. The van der Waals surface area contributed by atoms with Gasteiger partial charge in [0.05, 0.1) is 10.6 Å². The number of carbonyl (C=O) groups excluding carboxylic acids is 1. The van der Waals surface area contributed by atoms with E-state index in [0.29, 0.717) is 23.8 Å². The van der Waals surface area contributed by atoms with E-state index in [0.717, 1.165) is 36.2 Å². The van der Waals surface area contributed by atoms with Crippen molar-refractivity contribution >= 4 is 27.6 Å². The summed E-state index contributed by atoms with van der Waals surface area (Å²) in [6.07, 6.45) is 2.84. The van der Waals surface area contributed by atoms with Crippen molar-refractivity contribution in [2.45, 2.75) is 36.2 Å². The number of piperidine rings is 1. The standard InChI is InChI=1S/C23H26N4O3S2/c1-17-8-4-5-9-20(17)22-24-25-23(26(22)2)31-16-21(28)18-10-12-19(13-11-18)32(29,30)27-14-6-3-7-15-27/h4-5,8-13H,3,6-7,14-16H2,1-2H3. The molecule has 0 saturated carbocycles. The molecule has 3 aromatic rings. The molecule has 0 N–H and O–H groups in total. The van der Waals surface area contributed by atoms with Crippen molar-refractivity contribution in [3.05, 3.63) is 59.7 Å². The maximum absolute atomic E-state index is 12.8. The van der Waals surface area contributed by atoms with Crippen LogP contribution in [0.4, 0.5) is 0 Å². The zero-order chi connectivity index (χ0) is 22.7. The van der Waals surface area contributed by atoms with Gasteiger partial charge in [0, 0.05) is 31.3 Å². The molecule has 32 heavy (non-hydrogen) atoms. The summed E-state index contributed by atoms with van der Waals surface area (Å²) < 4.78 is 29.0. The maximum atomic E-state index is 12.8. The third kappa shape index (κ3) is 4.65. The zero-order valence-electron chi connectivity index (χ0n) is 18.2. The van der Waals surface area contributed by atoms with Crippen molar-refractivity contribution in [2.75, 3.05) is 18.8 Å². The van der Waals surface area contributed by atoms with Crippen LogP contribution in [0.25, 0.3) is 11.4 Å². The van der Waals surface area contributed by atoms with Gasteiger partial charge >= 0.3 is 0 Å². The molecule has 0 spiro atoms. The van der Waals surface area contributed by atoms with Gasteiger partial charge in [-0.1, -0.05) is 54.6 Å². The number of aryl methyl sites for hydroxylation is 1. The minimum Gasteiger partial charge on any atom is -0.305 e. The number of carbonyl (C=O) groups is 1. The van der Waals surface area contributed by atoms with E-state index >= 15 is 0 Å². The number of rotatable bonds is 7. The Labute approximate surface area is 192 Å². The summed E-state index contributed by atoms with van der Waals surface area (Å²) in [5, 5.41) is 9.18. The van der Waals surface area contributed by atoms with Gasteiger partial charge in [0.1, 0.15) is 0 Å². The number of hydrogen-bond donors (Lipinski definition) is 0. The van der Waals surface area contributed by atoms with Crippen molar-refractivity contribution < 1.29 is 13.2 Å². The molecule has 1 saturated heterocycles. The number of benzene rings is 2. The molecule has 0 aliphatic carbocycles. The van der Waals surface area contributed by atoms with Crippen LogP contribution in [0.15, 0.2) is 58.6 Å². The van der Waals surface area contributed by atoms with Crippen molar-refractivity contribution in [3.8, 4) is 11.4 Å². The summed E-state index contributed by atoms with van der Waals surface area (Å²) in [6, 6.07) is 14.2. The monoisotopic (exact) mass is 470 g/mol. The first kappa shape index (κ1) is 22.7. The Morgan fingerprint density at radius 2 is 1.69 bits per heavy atom. The molecule has 168 valence electrons. The lowest BCUT2D eigenvalue weighted by Crippen LogP contribution is -2.35. The van der Waals surface area contributed by atoms with Gasteiger partial charge in [-0.25, -0.2) is 8.42 Å². The number of nitrogens with zero attached hydrogens (tertiary/aromatic N) is 4. The van der Waals surface area contributed by atoms with Crippen LogP contribution in [0.3, 0.4) is 0 Å². The SMILES string of the molecule is Cc1ccccc1-c1nnc(SCC(=O)c2ccc(S(=O)(=O)N3CCCCC3)cc2)n1C. The zero-order valence-corrected chi connectivity index (χ0v) is 19.8. The van der Waals surface area contributed by atoms with Crippen LogP contribution in [0, 0.1) is 6.92 Å². The number of hydrogen-bond acceptors (Lipinski definition) is 6. The van der Waals surface area contributed by atoms with Gasteiger partial charge in [0.2, 0.25) is 10.0 Å². The number of aromatic nitrogens is 3. The van der Waals surface area contributed by atoms with Crippen LogP contribution < -0.4 is 0 Å². The van der Waals surface area contributed by atoms with Crippen molar-refractivity contribution in [2.24, 2.45) is 7.05 Å². The largest absolute Gasteiger partial charge is 0.305 e. The van der Waals surface area contributed by atoms with E-state index in [1.165, 1.54) is 28.2 Å². The van der Waals surface area contributed by atoms with Crippen LogP contribution in [-0.4, -0.2) is 52.1 Å². The summed E-state index contributed by atoms with van der Waals surface area (Å²) in [5.41, 5.74) is 2.60. The highest BCUT2D eigenvalue weighted by Crippen LogP contribution is 2.26. The second-order valence-corrected chi connectivity index (χ2v) is 10.8. The molecular formula is C23H26N4O3S2. The lowest BCUT2D eigenvalue weighted by Gasteiger charge is -2.25. The number of sulfonamides is 1. The fourth-order valence-corrected chi connectivity index (χ4v) is 6.10. The molecule has 1 aliphatic heterocycles. The van der Waals surface area contributed by atoms with Crippen LogP contribution >= 0.6 is 11.8 Å². The summed E-state index contributed by atoms with van der Waals surface area (Å²) in [6.45, 7) is 3.14. The highest BCUT2D eigenvalue weighted by atomic mass is 32.2. The predicted molar refractivity (Wildman–Crippen MR) is 125 cm³/mol. The van der Waals surface area contributed by atoms with Gasteiger partial charge in [-0.2, -0.15) is 4.31 Å². The molecule has 0 unspecified atom stereocenters. The first-order chi connectivity index (χ1) is 15.4. The van der Waals surface area contributed by atoms with Crippen molar-refractivity contribution in [1.82, 2.24) is 19.1 Å². The van der Waals surface area contributed by atoms with Gasteiger partial charge in [0.25, 0.3) is 0 Å². The number of Topliss-reactive ketones (excluding diaryl/α,β-unsaturated/α-hetero) is 1. The predicted octanol–water partition coefficient (Wildman–Crippen LogP) is 3.94. The van der Waals surface area contributed by atoms with E-state index in [-0.39, 0.29) is 16.4 Å². The molecular weight excluding hydrogens is 444 g/mol. The third-order valence-corrected chi connectivity index (χ3v) is 8.62. The minimum absolute atomic E-state index is 0.0858. The summed E-state index contributed by atoms with van der Waals surface area (Å²) in [4.78, 5) is 12.9. The normalized spacial score (nSPS) is 15.1. The Bertz CT molecular complexity index is 1210. The van der Waals surface area contributed by atoms with E-state index < -0.39 is 10.0 Å². The van der Waals surface area contributed by atoms with E-state index in [1.807, 2.05) is 42.8 Å². The maximum Gasteiger partial charge on any atom is 0.243 e. The molecule has 1 aliphatic rings. The quantitative estimate of drug-likeness (QED) is 0.384. The molecule has 2 aromatic carbocycles. The summed E-state index contributed by atoms with van der Waals surface area (Å²) in [7, 11) is -1.61. The molecule has 1 fully saturated rings. The minimum atomic E-state index is -3.50. The summed E-state index contributed by atoms with van der Waals surface area (Å²) in [5.74, 6) is 0.862. The smallest absolute Gasteiger partial charge is 0.243 e. The van der Waals surface area contributed by atoms with Gasteiger partial charge < -0.3 is 4.57 Å². The molecule has 2 heterocycles. The van der Waals surface area contributed by atoms with Crippen molar-refractivity contribution in [3.63, 3.8) is 0 Å². The fourth-order valence-electron chi connectivity index (χ4n) is 3.78. The second kappa shape index (κ2) is 9.56. The highest BCUT2D eigenvalue weighted by Gasteiger charge is 2.26. The molecule has 0 radical (unpaired) electrons. The summed E-state index contributed by atoms with van der Waals surface area (Å²) >= 11 is 1.32. The fraction of sp³-hybridized carbons (Fsp3) is 0.348. The van der Waals surface area contributed by atoms with Crippen LogP contribution in [0.1, 0.15) is 35.2 Å². The van der Waals surface area contributed by atoms with Gasteiger partial charge in [0.15, 0.2) is 16.8 Å². The lowest BCUT2D eigenvalue weighted by atomic mass is 10.1. The molecule has 0 bridgehead atoms. The Balaban J connectivity index is 1.42. The number of ketones is 1. The van der Waals surface area contributed by atoms with E-state index in [9.17, 15) is 13.2 Å². The molecule has 7 nitrogen and oxygen atoms in total. The van der Waals surface area contributed by atoms with Gasteiger partial charge in [-0.3, -0.25) is 4.79 Å². The Kier molecular flexibility index (Phi) is 6.78. The molecule has 4 rings (SSSR count). The van der Waals surface area contributed by atoms with Crippen LogP contribution in [-0.2, 0) is 17.1 Å². The first-order valence-corrected chi connectivity index (χ1v) is 13.0. The topological polar surface area (TPSA) is 85.2 Å². The molecule has 0 amide bonds. The van der Waals surface area contributed by atoms with Crippen LogP contribution in [0.2, 0.25) is 0 Å². The molecule has 9 heteroatoms. The Morgan fingerprint density at radius 1 is 1.00 bits per heavy atom. The Hall–Kier alpha value is -2.49. The van der Waals surface area contributed by atoms with Crippen LogP contribution in [0.5, 0.6) is 0 Å². The van der Waals surface area contributed by atoms with Gasteiger partial charge in [-0.15, -0.1) is 10.2 Å². The lowest BCUT2D eigenvalue weighted by molar-refractivity contribution is 0.102. The molecule has 1 aromatic heterocycles. The number of thioether (sulfide) groups is 1. The first-order valence-electron chi connectivity index (χ1n) is 10.6. The average Bonchev–Trinajstić information content (AvgIpc) is 3.18. The van der Waals surface area contributed by atoms with E-state index in [2.05, 4.69) is 10.2 Å². The highest BCUT2D eigenvalue weighted by molar-refractivity contribution is 7.99. The van der Waals surface area contributed by atoms with E-state index in [1.54, 1.807) is 12.1 Å². The van der Waals surface area contributed by atoms with E-state index in [4.69, 9.17) is 0 Å². The molecule has 0 atom stereocenters. The van der Waals surface area contributed by atoms with Crippen molar-refractivity contribution in [1.29, 1.82) is 0 Å². The average molecular weight is 471 g/mol. The second-order valence-electron chi connectivity index (χ2n) is 7.88.